The lowest BCUT2D eigenvalue weighted by atomic mass is 9.85. The molecule has 0 saturated heterocycles. The van der Waals surface area contributed by atoms with E-state index in [1.54, 1.807) is 12.3 Å². The lowest BCUT2D eigenvalue weighted by Gasteiger charge is -2.19. The minimum atomic E-state index is -0.835. The van der Waals surface area contributed by atoms with Crippen LogP contribution in [0.2, 0.25) is 0 Å². The van der Waals surface area contributed by atoms with Crippen molar-refractivity contribution in [2.24, 2.45) is 5.92 Å². The Labute approximate surface area is 80.9 Å². The number of carboxylic acid groups (broad SMARTS) is 1. The van der Waals surface area contributed by atoms with Gasteiger partial charge < -0.3 is 10.1 Å². The van der Waals surface area contributed by atoms with Crippen molar-refractivity contribution in [1.29, 1.82) is 0 Å². The maximum absolute atomic E-state index is 11.5. The quantitative estimate of drug-likeness (QED) is 0.742. The summed E-state index contributed by atoms with van der Waals surface area (Å²) in [5.74, 6) is -0.831. The van der Waals surface area contributed by atoms with Gasteiger partial charge in [0.15, 0.2) is 5.78 Å². The van der Waals surface area contributed by atoms with E-state index in [2.05, 4.69) is 4.98 Å². The van der Waals surface area contributed by atoms with Gasteiger partial charge >= 0.3 is 5.97 Å². The van der Waals surface area contributed by atoms with Crippen LogP contribution in [0.25, 0.3) is 0 Å². The Morgan fingerprint density at radius 1 is 1.57 bits per heavy atom. The van der Waals surface area contributed by atoms with Crippen LogP contribution in [0.15, 0.2) is 12.3 Å². The smallest absolute Gasteiger partial charge is 0.303 e. The number of carbonyl (C=O) groups is 2. The number of aliphatic carboxylic acids is 1. The molecule has 1 aliphatic rings. The van der Waals surface area contributed by atoms with Crippen LogP contribution in [0.3, 0.4) is 0 Å². The van der Waals surface area contributed by atoms with Gasteiger partial charge in [-0.15, -0.1) is 0 Å². The fraction of sp³-hybridized carbons (Fsp3) is 0.400. The Hall–Kier alpha value is -1.58. The number of carbonyl (C=O) groups excluding carboxylic acids is 1. The maximum atomic E-state index is 11.5. The van der Waals surface area contributed by atoms with Crippen molar-refractivity contribution in [3.05, 3.63) is 23.5 Å². The van der Waals surface area contributed by atoms with Crippen molar-refractivity contribution in [1.82, 2.24) is 4.98 Å². The molecule has 1 atom stereocenters. The Bertz CT molecular complexity index is 380. The van der Waals surface area contributed by atoms with Crippen molar-refractivity contribution in [2.45, 2.75) is 19.3 Å². The maximum Gasteiger partial charge on any atom is 0.303 e. The summed E-state index contributed by atoms with van der Waals surface area (Å²) in [5.41, 5.74) is 1.61. The van der Waals surface area contributed by atoms with E-state index in [1.165, 1.54) is 0 Å². The van der Waals surface area contributed by atoms with Gasteiger partial charge in [-0.1, -0.05) is 0 Å². The van der Waals surface area contributed by atoms with Gasteiger partial charge in [0.2, 0.25) is 0 Å². The van der Waals surface area contributed by atoms with Gasteiger partial charge in [-0.3, -0.25) is 9.59 Å². The third kappa shape index (κ3) is 1.55. The molecule has 0 bridgehead atoms. The first-order valence-electron chi connectivity index (χ1n) is 4.58. The number of hydrogen-bond acceptors (Lipinski definition) is 2. The summed E-state index contributed by atoms with van der Waals surface area (Å²) in [6, 6.07) is 1.76. The fourth-order valence-electron chi connectivity index (χ4n) is 1.96. The fourth-order valence-corrected chi connectivity index (χ4v) is 1.96. The van der Waals surface area contributed by atoms with Crippen molar-refractivity contribution >= 4 is 11.8 Å². The van der Waals surface area contributed by atoms with Crippen molar-refractivity contribution in [2.75, 3.05) is 0 Å². The van der Waals surface area contributed by atoms with Gasteiger partial charge in [0.1, 0.15) is 0 Å². The normalized spacial score (nSPS) is 20.6. The van der Waals surface area contributed by atoms with E-state index in [1.807, 2.05) is 0 Å². The van der Waals surface area contributed by atoms with E-state index in [4.69, 9.17) is 5.11 Å². The van der Waals surface area contributed by atoms with Crippen molar-refractivity contribution < 1.29 is 14.7 Å². The highest BCUT2D eigenvalue weighted by Gasteiger charge is 2.27. The predicted octanol–water partition coefficient (Wildman–Crippen LogP) is 1.23. The van der Waals surface area contributed by atoms with E-state index in [-0.39, 0.29) is 18.1 Å². The second kappa shape index (κ2) is 3.29. The zero-order valence-electron chi connectivity index (χ0n) is 7.62. The molecule has 1 unspecified atom stereocenters. The summed E-state index contributed by atoms with van der Waals surface area (Å²) in [6.07, 6.45) is 2.83. The van der Waals surface area contributed by atoms with E-state index >= 15 is 0 Å². The summed E-state index contributed by atoms with van der Waals surface area (Å²) in [7, 11) is 0. The lowest BCUT2D eigenvalue weighted by molar-refractivity contribution is -0.138. The molecule has 4 nitrogen and oxygen atoms in total. The van der Waals surface area contributed by atoms with Crippen LogP contribution in [-0.4, -0.2) is 21.8 Å². The van der Waals surface area contributed by atoms with E-state index in [0.29, 0.717) is 12.8 Å². The molecular formula is C10H11NO3. The van der Waals surface area contributed by atoms with Crippen LogP contribution >= 0.6 is 0 Å². The molecule has 1 aromatic heterocycles. The zero-order valence-corrected chi connectivity index (χ0v) is 7.62. The standard InChI is InChI=1S/C10H11NO3/c12-9-4-6(5-10(13)14)3-8-7(9)1-2-11-8/h1-2,6,11H,3-5H2,(H,13,14). The number of nitrogens with one attached hydrogen (secondary N) is 1. The Balaban J connectivity index is 2.17. The molecule has 2 N–H and O–H groups in total. The summed E-state index contributed by atoms with van der Waals surface area (Å²) in [6.45, 7) is 0. The summed E-state index contributed by atoms with van der Waals surface area (Å²) >= 11 is 0. The number of aromatic amines is 1. The van der Waals surface area contributed by atoms with Crippen molar-refractivity contribution in [3.63, 3.8) is 0 Å². The third-order valence-electron chi connectivity index (χ3n) is 2.56. The van der Waals surface area contributed by atoms with Gasteiger partial charge in [-0.05, 0) is 18.4 Å². The average Bonchev–Trinajstić information content (AvgIpc) is 2.50. The van der Waals surface area contributed by atoms with E-state index in [0.717, 1.165) is 11.3 Å². The molecule has 0 radical (unpaired) electrons. The zero-order chi connectivity index (χ0) is 10.1. The SMILES string of the molecule is O=C(O)CC1CC(=O)c2cc[nH]c2C1. The third-order valence-corrected chi connectivity index (χ3v) is 2.56. The molecule has 1 aromatic rings. The summed E-state index contributed by atoms with van der Waals surface area (Å²) in [5, 5.41) is 8.63. The van der Waals surface area contributed by atoms with Crippen LogP contribution in [-0.2, 0) is 11.2 Å². The molecule has 0 aliphatic heterocycles. The number of hydrogen-bond donors (Lipinski definition) is 2. The number of Topliss-reactive ketones (excluding diaryl/α,β-unsaturated/α-hetero) is 1. The largest absolute Gasteiger partial charge is 0.481 e. The minimum Gasteiger partial charge on any atom is -0.481 e. The number of ketones is 1. The van der Waals surface area contributed by atoms with Crippen LogP contribution in [0, 0.1) is 5.92 Å². The van der Waals surface area contributed by atoms with Crippen molar-refractivity contribution in [3.8, 4) is 0 Å². The molecule has 2 rings (SSSR count). The molecule has 14 heavy (non-hydrogen) atoms. The first kappa shape index (κ1) is 8.99. The second-order valence-corrected chi connectivity index (χ2v) is 3.67. The number of fused-ring (bicyclic) bond motifs is 1. The van der Waals surface area contributed by atoms with Gasteiger partial charge in [-0.25, -0.2) is 0 Å². The second-order valence-electron chi connectivity index (χ2n) is 3.67. The highest BCUT2D eigenvalue weighted by atomic mass is 16.4. The highest BCUT2D eigenvalue weighted by Crippen LogP contribution is 2.26. The Morgan fingerprint density at radius 2 is 2.36 bits per heavy atom. The van der Waals surface area contributed by atoms with E-state index < -0.39 is 5.97 Å². The lowest BCUT2D eigenvalue weighted by Crippen LogP contribution is -2.21. The van der Waals surface area contributed by atoms with Crippen LogP contribution in [0.1, 0.15) is 28.9 Å². The first-order valence-corrected chi connectivity index (χ1v) is 4.58. The average molecular weight is 193 g/mol. The molecule has 0 spiro atoms. The Morgan fingerprint density at radius 3 is 3.07 bits per heavy atom. The highest BCUT2D eigenvalue weighted by molar-refractivity contribution is 5.98. The molecule has 1 aliphatic carbocycles. The van der Waals surface area contributed by atoms with Gasteiger partial charge in [-0.2, -0.15) is 0 Å². The number of aromatic nitrogens is 1. The predicted molar refractivity (Wildman–Crippen MR) is 49.2 cm³/mol. The molecular weight excluding hydrogens is 182 g/mol. The van der Waals surface area contributed by atoms with Gasteiger partial charge in [0, 0.05) is 30.3 Å². The minimum absolute atomic E-state index is 0.0499. The van der Waals surface area contributed by atoms with Crippen LogP contribution in [0.4, 0.5) is 0 Å². The first-order chi connectivity index (χ1) is 6.66. The van der Waals surface area contributed by atoms with E-state index in [9.17, 15) is 9.59 Å². The van der Waals surface area contributed by atoms with Gasteiger partial charge in [0.25, 0.3) is 0 Å². The number of carboxylic acids is 1. The number of rotatable bonds is 2. The molecule has 1 heterocycles. The molecule has 0 fully saturated rings. The number of H-pyrrole nitrogens is 1. The molecule has 0 aromatic carbocycles. The molecule has 0 saturated carbocycles. The molecule has 0 amide bonds. The summed E-state index contributed by atoms with van der Waals surface area (Å²) < 4.78 is 0. The Kier molecular flexibility index (Phi) is 2.11. The molecule has 4 heteroatoms. The van der Waals surface area contributed by atoms with Crippen LogP contribution in [0.5, 0.6) is 0 Å². The van der Waals surface area contributed by atoms with Crippen LogP contribution < -0.4 is 0 Å². The monoisotopic (exact) mass is 193 g/mol. The summed E-state index contributed by atoms with van der Waals surface area (Å²) in [4.78, 5) is 25.0. The topological polar surface area (TPSA) is 70.2 Å². The van der Waals surface area contributed by atoms with Gasteiger partial charge in [0.05, 0.1) is 0 Å². The molecule has 74 valence electrons.